The molecular weight excluding hydrogens is 254 g/mol. The molecule has 0 bridgehead atoms. The fourth-order valence-electron chi connectivity index (χ4n) is 2.68. The van der Waals surface area contributed by atoms with Crippen LogP contribution in [-0.4, -0.2) is 21.0 Å². The zero-order valence-electron chi connectivity index (χ0n) is 10.5. The van der Waals surface area contributed by atoms with Crippen LogP contribution in [0.2, 0.25) is 0 Å². The molecule has 1 aliphatic rings. The highest BCUT2D eigenvalue weighted by atomic mass is 16.3. The van der Waals surface area contributed by atoms with Gasteiger partial charge in [0.05, 0.1) is 17.8 Å². The number of fused-ring (bicyclic) bond motifs is 5. The molecule has 0 aliphatic carbocycles. The molecule has 2 aromatic heterocycles. The lowest BCUT2D eigenvalue weighted by Gasteiger charge is -2.04. The average Bonchev–Trinajstić information content (AvgIpc) is 2.70. The molecule has 0 spiro atoms. The lowest BCUT2D eigenvalue weighted by Crippen LogP contribution is -2.12. The second-order valence-electron chi connectivity index (χ2n) is 4.83. The van der Waals surface area contributed by atoms with E-state index in [1.54, 1.807) is 30.5 Å². The number of H-pyrrole nitrogens is 1. The van der Waals surface area contributed by atoms with E-state index in [-0.39, 0.29) is 18.1 Å². The smallest absolute Gasteiger partial charge is 0.228 e. The molecule has 0 fully saturated rings. The van der Waals surface area contributed by atoms with Crippen molar-refractivity contribution < 1.29 is 9.90 Å². The number of nitrogens with one attached hydrogen (secondary N) is 2. The number of hydrogen-bond donors (Lipinski definition) is 3. The summed E-state index contributed by atoms with van der Waals surface area (Å²) in [6.07, 6.45) is 1.96. The molecule has 4 rings (SSSR count). The van der Waals surface area contributed by atoms with Gasteiger partial charge in [-0.3, -0.25) is 9.78 Å². The van der Waals surface area contributed by atoms with Crippen LogP contribution in [0.4, 0.5) is 5.69 Å². The molecule has 20 heavy (non-hydrogen) atoms. The topological polar surface area (TPSA) is 78.0 Å². The van der Waals surface area contributed by atoms with Crippen molar-refractivity contribution in [2.75, 3.05) is 5.32 Å². The minimum Gasteiger partial charge on any atom is -0.508 e. The van der Waals surface area contributed by atoms with Gasteiger partial charge in [0.1, 0.15) is 11.4 Å². The Hall–Kier alpha value is -2.82. The first-order valence-electron chi connectivity index (χ1n) is 6.31. The second-order valence-corrected chi connectivity index (χ2v) is 4.83. The van der Waals surface area contributed by atoms with E-state index < -0.39 is 0 Å². The van der Waals surface area contributed by atoms with Gasteiger partial charge in [0.2, 0.25) is 5.91 Å². The fraction of sp³-hybridized carbons (Fsp3) is 0.0667. The molecule has 1 amide bonds. The number of benzene rings is 1. The third-order valence-electron chi connectivity index (χ3n) is 3.55. The summed E-state index contributed by atoms with van der Waals surface area (Å²) in [6, 6.07) is 8.72. The summed E-state index contributed by atoms with van der Waals surface area (Å²) in [5.74, 6) is 0.104. The summed E-state index contributed by atoms with van der Waals surface area (Å²) in [5.41, 5.74) is 4.01. The van der Waals surface area contributed by atoms with Gasteiger partial charge in [-0.05, 0) is 35.9 Å². The molecule has 3 aromatic rings. The van der Waals surface area contributed by atoms with Gasteiger partial charge >= 0.3 is 0 Å². The average molecular weight is 265 g/mol. The maximum absolute atomic E-state index is 12.0. The molecule has 1 aliphatic heterocycles. The molecule has 5 heteroatoms. The minimum atomic E-state index is -0.0813. The third-order valence-corrected chi connectivity index (χ3v) is 3.55. The van der Waals surface area contributed by atoms with Crippen LogP contribution < -0.4 is 5.32 Å². The van der Waals surface area contributed by atoms with Gasteiger partial charge in [-0.2, -0.15) is 0 Å². The molecule has 3 N–H and O–H groups in total. The molecule has 5 nitrogen and oxygen atoms in total. The van der Waals surface area contributed by atoms with Crippen LogP contribution in [0.1, 0.15) is 5.56 Å². The Morgan fingerprint density at radius 1 is 1.25 bits per heavy atom. The number of amides is 1. The van der Waals surface area contributed by atoms with Crippen LogP contribution in [0.3, 0.4) is 0 Å². The van der Waals surface area contributed by atoms with Gasteiger partial charge in [-0.15, -0.1) is 0 Å². The minimum absolute atomic E-state index is 0.0813. The normalized spacial score (nSPS) is 13.5. The SMILES string of the molecule is O=C1Cc2c([nH]c3ccc(O)cc23)-c2ncccc2N1. The van der Waals surface area contributed by atoms with Gasteiger partial charge in [0.15, 0.2) is 0 Å². The van der Waals surface area contributed by atoms with Crippen molar-refractivity contribution in [1.29, 1.82) is 0 Å². The zero-order valence-corrected chi connectivity index (χ0v) is 10.5. The summed E-state index contributed by atoms with van der Waals surface area (Å²) < 4.78 is 0. The number of nitrogens with zero attached hydrogens (tertiary/aromatic N) is 1. The molecule has 0 saturated heterocycles. The van der Waals surface area contributed by atoms with Crippen LogP contribution in [0.25, 0.3) is 22.3 Å². The number of phenolic OH excluding ortho intramolecular Hbond substituents is 1. The first kappa shape index (κ1) is 11.0. The van der Waals surface area contributed by atoms with Crippen LogP contribution in [0.15, 0.2) is 36.5 Å². The van der Waals surface area contributed by atoms with Gasteiger partial charge < -0.3 is 15.4 Å². The van der Waals surface area contributed by atoms with Crippen molar-refractivity contribution >= 4 is 22.5 Å². The molecule has 0 radical (unpaired) electrons. The number of phenols is 1. The number of carbonyl (C=O) groups excluding carboxylic acids is 1. The second kappa shape index (κ2) is 3.84. The van der Waals surface area contributed by atoms with Crippen LogP contribution in [0.5, 0.6) is 5.75 Å². The Morgan fingerprint density at radius 3 is 3.05 bits per heavy atom. The number of anilines is 1. The first-order chi connectivity index (χ1) is 9.72. The maximum atomic E-state index is 12.0. The lowest BCUT2D eigenvalue weighted by molar-refractivity contribution is -0.115. The van der Waals surface area contributed by atoms with Crippen molar-refractivity contribution in [3.05, 3.63) is 42.1 Å². The lowest BCUT2D eigenvalue weighted by atomic mass is 10.1. The van der Waals surface area contributed by atoms with Gasteiger partial charge in [0, 0.05) is 17.1 Å². The van der Waals surface area contributed by atoms with Crippen LogP contribution in [-0.2, 0) is 11.2 Å². The van der Waals surface area contributed by atoms with Crippen molar-refractivity contribution in [3.63, 3.8) is 0 Å². The van der Waals surface area contributed by atoms with Crippen LogP contribution in [0, 0.1) is 0 Å². The highest BCUT2D eigenvalue weighted by molar-refractivity contribution is 6.04. The predicted octanol–water partition coefficient (Wildman–Crippen LogP) is 2.43. The van der Waals surface area contributed by atoms with Crippen molar-refractivity contribution in [2.24, 2.45) is 0 Å². The summed E-state index contributed by atoms with van der Waals surface area (Å²) >= 11 is 0. The number of rotatable bonds is 0. The Balaban J connectivity index is 2.10. The molecule has 0 atom stereocenters. The van der Waals surface area contributed by atoms with Crippen molar-refractivity contribution in [2.45, 2.75) is 6.42 Å². The Bertz CT molecular complexity index is 851. The number of pyridine rings is 1. The van der Waals surface area contributed by atoms with E-state index in [2.05, 4.69) is 15.3 Å². The number of aromatic hydroxyl groups is 1. The largest absolute Gasteiger partial charge is 0.508 e. The molecular formula is C15H11N3O2. The van der Waals surface area contributed by atoms with Gasteiger partial charge in [-0.1, -0.05) is 0 Å². The number of aromatic nitrogens is 2. The summed E-state index contributed by atoms with van der Waals surface area (Å²) in [7, 11) is 0. The molecule has 0 unspecified atom stereocenters. The van der Waals surface area contributed by atoms with Gasteiger partial charge in [0.25, 0.3) is 0 Å². The van der Waals surface area contributed by atoms with Crippen LogP contribution >= 0.6 is 0 Å². The van der Waals surface area contributed by atoms with E-state index in [1.807, 2.05) is 6.07 Å². The zero-order chi connectivity index (χ0) is 13.7. The van der Waals surface area contributed by atoms with E-state index in [9.17, 15) is 9.90 Å². The standard InChI is InChI=1S/C15H11N3O2/c19-8-3-4-11-9(6-8)10-7-13(20)17-12-2-1-5-16-15(12)14(10)18-11/h1-6,18-19H,7H2,(H,17,20). The predicted molar refractivity (Wildman–Crippen MR) is 75.5 cm³/mol. The molecule has 0 saturated carbocycles. The van der Waals surface area contributed by atoms with E-state index in [0.29, 0.717) is 5.69 Å². The fourth-order valence-corrected chi connectivity index (χ4v) is 2.68. The quantitative estimate of drug-likeness (QED) is 0.584. The van der Waals surface area contributed by atoms with Crippen molar-refractivity contribution in [1.82, 2.24) is 9.97 Å². The Labute approximate surface area is 114 Å². The third kappa shape index (κ3) is 1.50. The Kier molecular flexibility index (Phi) is 2.12. The maximum Gasteiger partial charge on any atom is 0.228 e. The summed E-state index contributed by atoms with van der Waals surface area (Å²) in [5, 5.41) is 13.4. The van der Waals surface area contributed by atoms with E-state index in [1.165, 1.54) is 0 Å². The molecule has 3 heterocycles. The number of carbonyl (C=O) groups is 1. The molecule has 1 aromatic carbocycles. The number of hydrogen-bond acceptors (Lipinski definition) is 3. The van der Waals surface area contributed by atoms with E-state index in [0.717, 1.165) is 27.9 Å². The highest BCUT2D eigenvalue weighted by Crippen LogP contribution is 2.36. The Morgan fingerprint density at radius 2 is 2.15 bits per heavy atom. The summed E-state index contributed by atoms with van der Waals surface area (Å²) in [4.78, 5) is 19.7. The van der Waals surface area contributed by atoms with E-state index in [4.69, 9.17) is 0 Å². The number of aromatic amines is 1. The van der Waals surface area contributed by atoms with E-state index >= 15 is 0 Å². The first-order valence-corrected chi connectivity index (χ1v) is 6.31. The monoisotopic (exact) mass is 265 g/mol. The van der Waals surface area contributed by atoms with Gasteiger partial charge in [-0.25, -0.2) is 0 Å². The highest BCUT2D eigenvalue weighted by Gasteiger charge is 2.23. The summed E-state index contributed by atoms with van der Waals surface area (Å²) in [6.45, 7) is 0. The van der Waals surface area contributed by atoms with Crippen molar-refractivity contribution in [3.8, 4) is 17.1 Å². The molecule has 98 valence electrons.